The molecule has 2 saturated heterocycles. The van der Waals surface area contributed by atoms with E-state index in [1.165, 1.54) is 51.4 Å². The highest BCUT2D eigenvalue weighted by Gasteiger charge is 2.84. The predicted octanol–water partition coefficient (Wildman–Crippen LogP) is 4.79. The molecule has 6 fully saturated rings. The summed E-state index contributed by atoms with van der Waals surface area (Å²) >= 11 is 0. The van der Waals surface area contributed by atoms with Crippen LogP contribution in [0.5, 0.6) is 0 Å². The highest BCUT2D eigenvalue weighted by molar-refractivity contribution is 5.35. The third kappa shape index (κ3) is 2.55. The van der Waals surface area contributed by atoms with Crippen LogP contribution in [0, 0.1) is 45.8 Å². The van der Waals surface area contributed by atoms with Crippen LogP contribution in [0.25, 0.3) is 0 Å². The van der Waals surface area contributed by atoms with Crippen molar-refractivity contribution in [2.45, 2.75) is 109 Å². The van der Waals surface area contributed by atoms with Crippen LogP contribution in [0.1, 0.15) is 85.5 Å². The van der Waals surface area contributed by atoms with Crippen LogP contribution < -0.4 is 0 Å². The quantitative estimate of drug-likeness (QED) is 0.571. The molecule has 0 bridgehead atoms. The Morgan fingerprint density at radius 2 is 1.94 bits per heavy atom. The minimum absolute atomic E-state index is 0.0203. The molecule has 0 radical (unpaired) electrons. The predicted molar refractivity (Wildman–Crippen MR) is 133 cm³/mol. The fraction of sp³-hybridized carbons (Fsp3) is 0.933. The summed E-state index contributed by atoms with van der Waals surface area (Å²) in [4.78, 5) is 2.59. The molecule has 4 heteroatoms. The van der Waals surface area contributed by atoms with E-state index in [0.717, 1.165) is 37.3 Å². The Kier molecular flexibility index (Phi) is 4.76. The molecule has 7 rings (SSSR count). The molecule has 4 saturated carbocycles. The second kappa shape index (κ2) is 7.11. The fourth-order valence-corrected chi connectivity index (χ4v) is 11.9. The Morgan fingerprint density at radius 1 is 1.12 bits per heavy atom. The molecule has 0 aromatic rings. The van der Waals surface area contributed by atoms with Crippen LogP contribution >= 0.6 is 0 Å². The molecular formula is C30H47NO3. The SMILES string of the molecule is C[C@H]1C[C@H]2O[C@]3(CC[C@H]4[C@@H]5CCC6=C[C@@H](O)CC[C@]6(C)[C@H]5CC45CC53C)[C@H](C)[C@@H]2N(CCO)C1. The number of β-amino-alcohol motifs (C(OH)–C–C–N with tert-alkyl or cyclic N) is 1. The smallest absolute Gasteiger partial charge is 0.0787 e. The maximum absolute atomic E-state index is 10.3. The molecule has 2 N–H and O–H groups in total. The lowest BCUT2D eigenvalue weighted by Gasteiger charge is -2.50. The van der Waals surface area contributed by atoms with Crippen molar-refractivity contribution < 1.29 is 14.9 Å². The van der Waals surface area contributed by atoms with Crippen LogP contribution in [-0.2, 0) is 4.74 Å². The molecule has 7 aliphatic rings. The molecule has 0 amide bonds. The normalized spacial score (nSPS) is 60.1. The molecule has 5 aliphatic carbocycles. The monoisotopic (exact) mass is 469 g/mol. The molecular weight excluding hydrogens is 422 g/mol. The first-order valence-corrected chi connectivity index (χ1v) is 14.6. The lowest BCUT2D eigenvalue weighted by Crippen LogP contribution is -2.54. The van der Waals surface area contributed by atoms with Gasteiger partial charge in [0.1, 0.15) is 0 Å². The number of hydrogen-bond donors (Lipinski definition) is 2. The minimum atomic E-state index is -0.212. The number of nitrogens with zero attached hydrogens (tertiary/aromatic N) is 1. The van der Waals surface area contributed by atoms with Crippen molar-refractivity contribution in [2.24, 2.45) is 45.8 Å². The Bertz CT molecular complexity index is 903. The number of aliphatic hydroxyl groups is 2. The van der Waals surface area contributed by atoms with Gasteiger partial charge < -0.3 is 14.9 Å². The average molecular weight is 470 g/mol. The molecule has 2 heterocycles. The van der Waals surface area contributed by atoms with Crippen LogP contribution in [0.4, 0.5) is 0 Å². The van der Waals surface area contributed by atoms with Crippen molar-refractivity contribution in [3.8, 4) is 0 Å². The first kappa shape index (κ1) is 22.8. The molecule has 12 atom stereocenters. The van der Waals surface area contributed by atoms with E-state index < -0.39 is 0 Å². The van der Waals surface area contributed by atoms with Gasteiger partial charge in [-0.1, -0.05) is 39.3 Å². The Labute approximate surface area is 206 Å². The zero-order valence-electron chi connectivity index (χ0n) is 21.9. The summed E-state index contributed by atoms with van der Waals surface area (Å²) in [5.74, 6) is 3.74. The summed E-state index contributed by atoms with van der Waals surface area (Å²) < 4.78 is 7.34. The Hall–Kier alpha value is -0.420. The number of likely N-dealkylation sites (tertiary alicyclic amines) is 1. The van der Waals surface area contributed by atoms with Crippen molar-refractivity contribution >= 4 is 0 Å². The topological polar surface area (TPSA) is 52.9 Å². The zero-order chi connectivity index (χ0) is 23.7. The number of ether oxygens (including phenoxy) is 1. The van der Waals surface area contributed by atoms with E-state index >= 15 is 0 Å². The second-order valence-corrected chi connectivity index (χ2v) is 14.4. The molecule has 190 valence electrons. The van der Waals surface area contributed by atoms with Gasteiger partial charge in [-0.25, -0.2) is 0 Å². The largest absolute Gasteiger partial charge is 0.395 e. The average Bonchev–Trinajstić information content (AvgIpc) is 3.13. The van der Waals surface area contributed by atoms with Crippen LogP contribution in [-0.4, -0.2) is 58.7 Å². The van der Waals surface area contributed by atoms with Gasteiger partial charge in [0, 0.05) is 30.5 Å². The van der Waals surface area contributed by atoms with Gasteiger partial charge in [0.05, 0.1) is 24.4 Å². The first-order chi connectivity index (χ1) is 16.2. The minimum Gasteiger partial charge on any atom is -0.395 e. The highest BCUT2D eigenvalue weighted by Crippen LogP contribution is 2.87. The third-order valence-electron chi connectivity index (χ3n) is 13.4. The molecule has 2 unspecified atom stereocenters. The zero-order valence-corrected chi connectivity index (χ0v) is 21.9. The van der Waals surface area contributed by atoms with E-state index in [-0.39, 0.29) is 18.3 Å². The summed E-state index contributed by atoms with van der Waals surface area (Å²) in [6.07, 6.45) is 13.6. The van der Waals surface area contributed by atoms with E-state index in [1.807, 2.05) is 0 Å². The van der Waals surface area contributed by atoms with Crippen LogP contribution in [0.2, 0.25) is 0 Å². The molecule has 2 aliphatic heterocycles. The van der Waals surface area contributed by atoms with Crippen molar-refractivity contribution in [3.63, 3.8) is 0 Å². The van der Waals surface area contributed by atoms with Crippen molar-refractivity contribution in [1.82, 2.24) is 4.90 Å². The van der Waals surface area contributed by atoms with Crippen molar-refractivity contribution in [3.05, 3.63) is 11.6 Å². The first-order valence-electron chi connectivity index (χ1n) is 14.6. The van der Waals surface area contributed by atoms with E-state index in [0.29, 0.717) is 40.2 Å². The van der Waals surface area contributed by atoms with Crippen LogP contribution in [0.15, 0.2) is 11.6 Å². The van der Waals surface area contributed by atoms with Gasteiger partial charge in [0.2, 0.25) is 0 Å². The summed E-state index contributed by atoms with van der Waals surface area (Å²) in [7, 11) is 0. The van der Waals surface area contributed by atoms with Gasteiger partial charge in [0.25, 0.3) is 0 Å². The lowest BCUT2D eigenvalue weighted by molar-refractivity contribution is -0.148. The second-order valence-electron chi connectivity index (χ2n) is 14.4. The van der Waals surface area contributed by atoms with Crippen molar-refractivity contribution in [1.29, 1.82) is 0 Å². The number of aliphatic hydroxyl groups excluding tert-OH is 2. The lowest BCUT2D eigenvalue weighted by atomic mass is 9.56. The summed E-state index contributed by atoms with van der Waals surface area (Å²) in [5.41, 5.74) is 2.70. The standard InChI is InChI=1S/C30H47NO3/c1-18-13-25-26(31(16-18)11-12-32)19(2)30(34-25)10-8-23-22-6-5-20-14-21(33)7-9-27(20,3)24(22)15-29(23)17-28(29,30)4/h14,18-19,21-26,32-33H,5-13,15-17H2,1-4H3/t18-,19+,21-,22-,23-,24-,25+,26-,27-,28?,29?,30+/m0/s1. The van der Waals surface area contributed by atoms with Gasteiger partial charge >= 0.3 is 0 Å². The molecule has 2 spiro atoms. The van der Waals surface area contributed by atoms with Crippen molar-refractivity contribution in [2.75, 3.05) is 19.7 Å². The van der Waals surface area contributed by atoms with Gasteiger partial charge in [0.15, 0.2) is 0 Å². The number of hydrogen-bond acceptors (Lipinski definition) is 4. The molecule has 4 nitrogen and oxygen atoms in total. The van der Waals surface area contributed by atoms with E-state index in [9.17, 15) is 10.2 Å². The van der Waals surface area contributed by atoms with Crippen LogP contribution in [0.3, 0.4) is 0 Å². The number of piperidine rings is 1. The number of fused-ring (bicyclic) bond motifs is 6. The number of allylic oxidation sites excluding steroid dienone is 1. The number of rotatable bonds is 2. The molecule has 0 aromatic carbocycles. The summed E-state index contributed by atoms with van der Waals surface area (Å²) in [5, 5.41) is 20.1. The fourth-order valence-electron chi connectivity index (χ4n) is 11.9. The van der Waals surface area contributed by atoms with Gasteiger partial charge in [-0.2, -0.15) is 0 Å². The van der Waals surface area contributed by atoms with Gasteiger partial charge in [-0.3, -0.25) is 4.90 Å². The maximum atomic E-state index is 10.3. The van der Waals surface area contributed by atoms with E-state index in [2.05, 4.69) is 38.7 Å². The van der Waals surface area contributed by atoms with Gasteiger partial charge in [-0.05, 0) is 92.3 Å². The molecule has 0 aromatic heterocycles. The Balaban J connectivity index is 1.22. The van der Waals surface area contributed by atoms with Gasteiger partial charge in [-0.15, -0.1) is 0 Å². The summed E-state index contributed by atoms with van der Waals surface area (Å²) in [6.45, 7) is 12.2. The summed E-state index contributed by atoms with van der Waals surface area (Å²) in [6, 6.07) is 0.477. The molecule has 34 heavy (non-hydrogen) atoms. The maximum Gasteiger partial charge on any atom is 0.0787 e. The highest BCUT2D eigenvalue weighted by atomic mass is 16.5. The van der Waals surface area contributed by atoms with E-state index in [1.54, 1.807) is 5.57 Å². The third-order valence-corrected chi connectivity index (χ3v) is 13.4. The van der Waals surface area contributed by atoms with E-state index in [4.69, 9.17) is 4.74 Å². The Morgan fingerprint density at radius 3 is 2.74 bits per heavy atom.